The van der Waals surface area contributed by atoms with E-state index in [1.807, 2.05) is 0 Å². The van der Waals surface area contributed by atoms with Crippen molar-refractivity contribution in [1.82, 2.24) is 0 Å². The second-order valence-electron chi connectivity index (χ2n) is 4.05. The SMILES string of the molecule is O=C1CC(=O)c2c(c(=O)oc3c(Br)cc(Br)cc23)N1. The number of hydrogen-bond donors (Lipinski definition) is 1. The van der Waals surface area contributed by atoms with Crippen molar-refractivity contribution >= 4 is 60.2 Å². The second kappa shape index (κ2) is 4.28. The van der Waals surface area contributed by atoms with Gasteiger partial charge in [-0.15, -0.1) is 0 Å². The molecule has 0 atom stereocenters. The van der Waals surface area contributed by atoms with E-state index in [4.69, 9.17) is 4.42 Å². The van der Waals surface area contributed by atoms with E-state index in [2.05, 4.69) is 37.2 Å². The Labute approximate surface area is 123 Å². The van der Waals surface area contributed by atoms with Gasteiger partial charge < -0.3 is 9.73 Å². The van der Waals surface area contributed by atoms with Gasteiger partial charge in [-0.1, -0.05) is 15.9 Å². The van der Waals surface area contributed by atoms with Gasteiger partial charge in [0.1, 0.15) is 5.69 Å². The van der Waals surface area contributed by atoms with Crippen LogP contribution in [-0.4, -0.2) is 11.7 Å². The number of Topliss-reactive ketones (excluding diaryl/α,β-unsaturated/α-hetero) is 1. The molecular formula is C12H5Br2NO4. The molecule has 7 heteroatoms. The van der Waals surface area contributed by atoms with Gasteiger partial charge in [0.05, 0.1) is 16.5 Å². The Morgan fingerprint density at radius 1 is 1.16 bits per heavy atom. The standard InChI is InChI=1S/C12H5Br2NO4/c13-4-1-5-9-7(16)3-8(17)15-10(9)12(18)19-11(5)6(14)2-4/h1-2H,3H2,(H,15,17). The van der Waals surface area contributed by atoms with Gasteiger partial charge in [0.25, 0.3) is 0 Å². The number of halogens is 2. The molecule has 5 nitrogen and oxygen atoms in total. The molecule has 0 spiro atoms. The van der Waals surface area contributed by atoms with E-state index in [1.54, 1.807) is 12.1 Å². The van der Waals surface area contributed by atoms with E-state index in [9.17, 15) is 14.4 Å². The van der Waals surface area contributed by atoms with Crippen LogP contribution >= 0.6 is 31.9 Å². The predicted molar refractivity (Wildman–Crippen MR) is 75.5 cm³/mol. The summed E-state index contributed by atoms with van der Waals surface area (Å²) in [6.45, 7) is 0. The van der Waals surface area contributed by atoms with Crippen LogP contribution in [0.2, 0.25) is 0 Å². The third-order valence-corrected chi connectivity index (χ3v) is 3.84. The molecule has 0 radical (unpaired) electrons. The number of amides is 1. The summed E-state index contributed by atoms with van der Waals surface area (Å²) in [4.78, 5) is 35.2. The number of fused-ring (bicyclic) bond motifs is 3. The first kappa shape index (κ1) is 12.6. The fraction of sp³-hybridized carbons (Fsp3) is 0.0833. The minimum atomic E-state index is -0.730. The lowest BCUT2D eigenvalue weighted by molar-refractivity contribution is -0.115. The number of ketones is 1. The van der Waals surface area contributed by atoms with Gasteiger partial charge >= 0.3 is 5.63 Å². The van der Waals surface area contributed by atoms with Gasteiger partial charge in [0, 0.05) is 9.86 Å². The molecule has 1 N–H and O–H groups in total. The highest BCUT2D eigenvalue weighted by molar-refractivity contribution is 9.11. The first-order valence-electron chi connectivity index (χ1n) is 5.26. The average Bonchev–Trinajstić information content (AvgIpc) is 2.30. The zero-order valence-electron chi connectivity index (χ0n) is 9.25. The second-order valence-corrected chi connectivity index (χ2v) is 5.82. The van der Waals surface area contributed by atoms with Crippen LogP contribution in [0, 0.1) is 0 Å². The molecule has 1 aromatic carbocycles. The summed E-state index contributed by atoms with van der Waals surface area (Å²) in [5.41, 5.74) is -0.324. The maximum Gasteiger partial charge on any atom is 0.361 e. The van der Waals surface area contributed by atoms with Gasteiger partial charge in [-0.05, 0) is 28.1 Å². The number of rotatable bonds is 0. The van der Waals surface area contributed by atoms with Crippen molar-refractivity contribution in [3.05, 3.63) is 37.1 Å². The summed E-state index contributed by atoms with van der Waals surface area (Å²) in [6.07, 6.45) is -0.268. The minimum Gasteiger partial charge on any atom is -0.420 e. The molecule has 0 unspecified atom stereocenters. The highest BCUT2D eigenvalue weighted by Crippen LogP contribution is 2.34. The molecule has 1 aliphatic rings. The van der Waals surface area contributed by atoms with E-state index < -0.39 is 11.5 Å². The quantitative estimate of drug-likeness (QED) is 0.558. The number of carbonyl (C=O) groups excluding carboxylic acids is 2. The largest absolute Gasteiger partial charge is 0.420 e. The monoisotopic (exact) mass is 385 g/mol. The maximum atomic E-state index is 12.0. The Hall–Kier alpha value is -1.47. The highest BCUT2D eigenvalue weighted by atomic mass is 79.9. The summed E-state index contributed by atoms with van der Waals surface area (Å²) in [7, 11) is 0. The maximum absolute atomic E-state index is 12.0. The lowest BCUT2D eigenvalue weighted by atomic mass is 9.99. The molecule has 0 aliphatic carbocycles. The molecule has 0 fully saturated rings. The Kier molecular flexibility index (Phi) is 2.83. The summed E-state index contributed by atoms with van der Waals surface area (Å²) in [6, 6.07) is 3.39. The number of hydrogen-bond acceptors (Lipinski definition) is 4. The highest BCUT2D eigenvalue weighted by Gasteiger charge is 2.29. The fourth-order valence-corrected chi connectivity index (χ4v) is 3.36. The summed E-state index contributed by atoms with van der Waals surface area (Å²) in [5, 5.41) is 2.88. The van der Waals surface area contributed by atoms with Crippen LogP contribution < -0.4 is 10.9 Å². The van der Waals surface area contributed by atoms with E-state index in [1.165, 1.54) is 0 Å². The third kappa shape index (κ3) is 1.93. The van der Waals surface area contributed by atoms with E-state index in [0.29, 0.717) is 9.86 Å². The molecule has 19 heavy (non-hydrogen) atoms. The van der Waals surface area contributed by atoms with Crippen molar-refractivity contribution in [2.24, 2.45) is 0 Å². The van der Waals surface area contributed by atoms with Gasteiger partial charge in [-0.25, -0.2) is 4.79 Å². The minimum absolute atomic E-state index is 0.0845. The van der Waals surface area contributed by atoms with Crippen LogP contribution in [0.3, 0.4) is 0 Å². The van der Waals surface area contributed by atoms with Crippen LogP contribution in [0.15, 0.2) is 30.3 Å². The predicted octanol–water partition coefficient (Wildman–Crippen LogP) is 2.84. The Morgan fingerprint density at radius 2 is 1.89 bits per heavy atom. The number of benzene rings is 1. The normalized spacial score (nSPS) is 14.4. The topological polar surface area (TPSA) is 76.4 Å². The molecule has 0 saturated heterocycles. The van der Waals surface area contributed by atoms with Crippen molar-refractivity contribution in [2.45, 2.75) is 6.42 Å². The van der Waals surface area contributed by atoms with Crippen molar-refractivity contribution in [3.63, 3.8) is 0 Å². The van der Waals surface area contributed by atoms with Crippen molar-refractivity contribution in [1.29, 1.82) is 0 Å². The van der Waals surface area contributed by atoms with Gasteiger partial charge in [-0.2, -0.15) is 0 Å². The molecule has 1 aromatic heterocycles. The number of anilines is 1. The van der Waals surface area contributed by atoms with Crippen molar-refractivity contribution in [3.8, 4) is 0 Å². The van der Waals surface area contributed by atoms with Crippen molar-refractivity contribution < 1.29 is 14.0 Å². The van der Waals surface area contributed by atoms with E-state index in [-0.39, 0.29) is 29.0 Å². The average molecular weight is 387 g/mol. The molecule has 96 valence electrons. The Morgan fingerprint density at radius 3 is 2.63 bits per heavy atom. The van der Waals surface area contributed by atoms with Crippen LogP contribution in [0.25, 0.3) is 11.0 Å². The Balaban J connectivity index is 2.51. The molecule has 1 amide bonds. The third-order valence-electron chi connectivity index (χ3n) is 2.79. The van der Waals surface area contributed by atoms with Crippen LogP contribution in [-0.2, 0) is 4.79 Å². The van der Waals surface area contributed by atoms with E-state index in [0.717, 1.165) is 4.47 Å². The summed E-state index contributed by atoms with van der Waals surface area (Å²) in [5.74, 6) is -0.889. The molecule has 0 bridgehead atoms. The van der Waals surface area contributed by atoms with Gasteiger partial charge in [0.2, 0.25) is 5.91 Å². The number of carbonyl (C=O) groups is 2. The molecule has 3 rings (SSSR count). The zero-order chi connectivity index (χ0) is 13.7. The Bertz CT molecular complexity index is 809. The molecular weight excluding hydrogens is 382 g/mol. The van der Waals surface area contributed by atoms with Crippen molar-refractivity contribution in [2.75, 3.05) is 5.32 Å². The first-order valence-corrected chi connectivity index (χ1v) is 6.85. The lowest BCUT2D eigenvalue weighted by Crippen LogP contribution is -2.29. The van der Waals surface area contributed by atoms with Crippen LogP contribution in [0.4, 0.5) is 5.69 Å². The smallest absolute Gasteiger partial charge is 0.361 e. The van der Waals surface area contributed by atoms with Crippen LogP contribution in [0.5, 0.6) is 0 Å². The number of nitrogens with one attached hydrogen (secondary N) is 1. The molecule has 2 heterocycles. The van der Waals surface area contributed by atoms with Crippen LogP contribution in [0.1, 0.15) is 16.8 Å². The van der Waals surface area contributed by atoms with Gasteiger partial charge in [0.15, 0.2) is 11.4 Å². The lowest BCUT2D eigenvalue weighted by Gasteiger charge is -2.16. The fourth-order valence-electron chi connectivity index (χ4n) is 2.05. The zero-order valence-corrected chi connectivity index (χ0v) is 12.4. The first-order chi connectivity index (χ1) is 8.97. The summed E-state index contributed by atoms with van der Waals surface area (Å²) >= 11 is 6.59. The van der Waals surface area contributed by atoms with Gasteiger partial charge in [-0.3, -0.25) is 9.59 Å². The summed E-state index contributed by atoms with van der Waals surface area (Å²) < 4.78 is 6.44. The molecule has 2 aromatic rings. The molecule has 1 aliphatic heterocycles. The van der Waals surface area contributed by atoms with E-state index >= 15 is 0 Å². The molecule has 0 saturated carbocycles.